The second-order valence-electron chi connectivity index (χ2n) is 8.58. The number of nitrogens with zero attached hydrogens (tertiary/aromatic N) is 3. The summed E-state index contributed by atoms with van der Waals surface area (Å²) in [6.45, 7) is 6.86. The zero-order valence-corrected chi connectivity index (χ0v) is 16.6. The average Bonchev–Trinajstić information content (AvgIpc) is 2.74. The van der Waals surface area contributed by atoms with Crippen molar-refractivity contribution in [3.63, 3.8) is 0 Å². The largest absolute Gasteiger partial charge is 0.336 e. The molecule has 4 aliphatic heterocycles. The zero-order valence-electron chi connectivity index (χ0n) is 16.6. The summed E-state index contributed by atoms with van der Waals surface area (Å²) in [4.78, 5) is 17.5. The molecule has 0 aliphatic carbocycles. The Balaban J connectivity index is 1.24. The molecule has 1 aromatic rings. The SMILES string of the molecule is N#Cc1cccc(NC(=O)NC[C@H]2C[C@@H]3CCN2C[C@@H]3CN2CCCCC2)c1. The molecule has 6 heteroatoms. The molecule has 4 fully saturated rings. The van der Waals surface area contributed by atoms with E-state index in [2.05, 4.69) is 26.5 Å². The standard InChI is InChI=1S/C22H31N5O/c23-13-17-5-4-6-20(11-17)25-22(28)24-14-21-12-18-7-10-27(21)16-19(18)15-26-8-2-1-3-9-26/h4-6,11,18-19,21H,1-3,7-10,12,14-16H2,(H2,24,25,28)/t18-,19-,21+/m0/s1. The molecule has 150 valence electrons. The molecule has 2 amide bonds. The van der Waals surface area contributed by atoms with E-state index in [1.54, 1.807) is 24.3 Å². The van der Waals surface area contributed by atoms with E-state index in [0.717, 1.165) is 11.8 Å². The highest BCUT2D eigenvalue weighted by atomic mass is 16.2. The number of nitrogens with one attached hydrogen (secondary N) is 2. The number of hydrogen-bond acceptors (Lipinski definition) is 4. The lowest BCUT2D eigenvalue weighted by Crippen LogP contribution is -2.58. The van der Waals surface area contributed by atoms with Crippen molar-refractivity contribution in [2.24, 2.45) is 11.8 Å². The molecule has 0 radical (unpaired) electrons. The number of fused-ring (bicyclic) bond motifs is 3. The van der Waals surface area contributed by atoms with Crippen molar-refractivity contribution in [2.75, 3.05) is 44.6 Å². The highest BCUT2D eigenvalue weighted by molar-refractivity contribution is 5.89. The van der Waals surface area contributed by atoms with Gasteiger partial charge in [0, 0.05) is 31.4 Å². The van der Waals surface area contributed by atoms with Gasteiger partial charge in [-0.1, -0.05) is 12.5 Å². The predicted octanol–water partition coefficient (Wildman–Crippen LogP) is 2.88. The van der Waals surface area contributed by atoms with Crippen LogP contribution in [0.2, 0.25) is 0 Å². The number of carbonyl (C=O) groups is 1. The van der Waals surface area contributed by atoms with Gasteiger partial charge < -0.3 is 15.5 Å². The number of urea groups is 1. The smallest absolute Gasteiger partial charge is 0.319 e. The molecule has 5 rings (SSSR count). The van der Waals surface area contributed by atoms with Gasteiger partial charge in [-0.25, -0.2) is 4.79 Å². The van der Waals surface area contributed by atoms with E-state index in [1.165, 1.54) is 64.8 Å². The summed E-state index contributed by atoms with van der Waals surface area (Å²) < 4.78 is 0. The summed E-state index contributed by atoms with van der Waals surface area (Å²) in [5.41, 5.74) is 1.21. The van der Waals surface area contributed by atoms with E-state index in [1.807, 2.05) is 0 Å². The van der Waals surface area contributed by atoms with Crippen LogP contribution in [-0.2, 0) is 0 Å². The average molecular weight is 382 g/mol. The molecule has 0 spiro atoms. The molecule has 4 saturated heterocycles. The van der Waals surface area contributed by atoms with Gasteiger partial charge in [-0.15, -0.1) is 0 Å². The summed E-state index contributed by atoms with van der Waals surface area (Å²) >= 11 is 0. The maximum Gasteiger partial charge on any atom is 0.319 e. The molecule has 4 atom stereocenters. The predicted molar refractivity (Wildman–Crippen MR) is 110 cm³/mol. The van der Waals surface area contributed by atoms with Gasteiger partial charge in [0.15, 0.2) is 0 Å². The third-order valence-electron chi connectivity index (χ3n) is 6.70. The Morgan fingerprint density at radius 3 is 2.82 bits per heavy atom. The van der Waals surface area contributed by atoms with Crippen LogP contribution in [-0.4, -0.2) is 61.1 Å². The molecule has 6 nitrogen and oxygen atoms in total. The Bertz CT molecular complexity index is 724. The summed E-state index contributed by atoms with van der Waals surface area (Å²) in [6, 6.07) is 9.36. The van der Waals surface area contributed by atoms with E-state index < -0.39 is 0 Å². The van der Waals surface area contributed by atoms with Gasteiger partial charge in [0.05, 0.1) is 11.6 Å². The molecule has 2 bridgehead atoms. The second-order valence-corrected chi connectivity index (χ2v) is 8.58. The Morgan fingerprint density at radius 1 is 1.21 bits per heavy atom. The van der Waals surface area contributed by atoms with E-state index in [9.17, 15) is 4.79 Å². The van der Waals surface area contributed by atoms with Crippen LogP contribution in [0.3, 0.4) is 0 Å². The van der Waals surface area contributed by atoms with E-state index in [4.69, 9.17) is 5.26 Å². The van der Waals surface area contributed by atoms with Gasteiger partial charge in [-0.2, -0.15) is 5.26 Å². The number of hydrogen-bond donors (Lipinski definition) is 2. The van der Waals surface area contributed by atoms with Gasteiger partial charge in [0.25, 0.3) is 0 Å². The number of amides is 2. The number of anilines is 1. The fourth-order valence-electron chi connectivity index (χ4n) is 5.19. The van der Waals surface area contributed by atoms with Crippen molar-refractivity contribution in [2.45, 2.75) is 38.1 Å². The molecule has 28 heavy (non-hydrogen) atoms. The second kappa shape index (κ2) is 8.93. The molecular weight excluding hydrogens is 350 g/mol. The Morgan fingerprint density at radius 2 is 2.07 bits per heavy atom. The van der Waals surface area contributed by atoms with Crippen molar-refractivity contribution in [3.8, 4) is 6.07 Å². The van der Waals surface area contributed by atoms with Crippen molar-refractivity contribution >= 4 is 11.7 Å². The highest BCUT2D eigenvalue weighted by Crippen LogP contribution is 2.36. The molecule has 1 unspecified atom stereocenters. The van der Waals surface area contributed by atoms with Crippen LogP contribution < -0.4 is 10.6 Å². The van der Waals surface area contributed by atoms with Crippen LogP contribution in [0.15, 0.2) is 24.3 Å². The minimum Gasteiger partial charge on any atom is -0.336 e. The van der Waals surface area contributed by atoms with E-state index in [-0.39, 0.29) is 6.03 Å². The van der Waals surface area contributed by atoms with Gasteiger partial charge in [0.1, 0.15) is 0 Å². The summed E-state index contributed by atoms with van der Waals surface area (Å²) in [6.07, 6.45) is 6.62. The van der Waals surface area contributed by atoms with Crippen LogP contribution in [0.25, 0.3) is 0 Å². The van der Waals surface area contributed by atoms with Gasteiger partial charge >= 0.3 is 6.03 Å². The van der Waals surface area contributed by atoms with Crippen LogP contribution in [0.1, 0.15) is 37.7 Å². The number of piperidine rings is 4. The van der Waals surface area contributed by atoms with E-state index >= 15 is 0 Å². The van der Waals surface area contributed by atoms with E-state index in [0.29, 0.717) is 23.8 Å². The first-order chi connectivity index (χ1) is 13.7. The number of likely N-dealkylation sites (tertiary alicyclic amines) is 1. The number of rotatable bonds is 5. The van der Waals surface area contributed by atoms with Crippen LogP contribution in [0.5, 0.6) is 0 Å². The Kier molecular flexibility index (Phi) is 6.13. The van der Waals surface area contributed by atoms with Crippen molar-refractivity contribution < 1.29 is 4.79 Å². The zero-order chi connectivity index (χ0) is 19.3. The molecule has 1 aromatic carbocycles. The monoisotopic (exact) mass is 381 g/mol. The fourth-order valence-corrected chi connectivity index (χ4v) is 5.19. The molecule has 0 aromatic heterocycles. The summed E-state index contributed by atoms with van der Waals surface area (Å²) in [5, 5.41) is 14.8. The summed E-state index contributed by atoms with van der Waals surface area (Å²) in [7, 11) is 0. The normalized spacial score (nSPS) is 29.8. The fraction of sp³-hybridized carbons (Fsp3) is 0.636. The van der Waals surface area contributed by atoms with Crippen molar-refractivity contribution in [3.05, 3.63) is 29.8 Å². The Labute approximate surface area is 167 Å². The molecule has 2 N–H and O–H groups in total. The summed E-state index contributed by atoms with van der Waals surface area (Å²) in [5.74, 6) is 1.60. The van der Waals surface area contributed by atoms with Crippen LogP contribution >= 0.6 is 0 Å². The number of benzene rings is 1. The molecular formula is C22H31N5O. The highest BCUT2D eigenvalue weighted by Gasteiger charge is 2.40. The first-order valence-electron chi connectivity index (χ1n) is 10.7. The van der Waals surface area contributed by atoms with Crippen LogP contribution in [0.4, 0.5) is 10.5 Å². The van der Waals surface area contributed by atoms with Gasteiger partial charge in [0.2, 0.25) is 0 Å². The van der Waals surface area contributed by atoms with Crippen molar-refractivity contribution in [1.82, 2.24) is 15.1 Å². The number of carbonyl (C=O) groups excluding carboxylic acids is 1. The minimum absolute atomic E-state index is 0.192. The first kappa shape index (κ1) is 19.2. The lowest BCUT2D eigenvalue weighted by atomic mass is 9.75. The third kappa shape index (κ3) is 4.65. The maximum atomic E-state index is 12.3. The topological polar surface area (TPSA) is 71.4 Å². The lowest BCUT2D eigenvalue weighted by molar-refractivity contribution is -0.0128. The van der Waals surface area contributed by atoms with Crippen LogP contribution in [0, 0.1) is 23.2 Å². The lowest BCUT2D eigenvalue weighted by Gasteiger charge is -2.51. The third-order valence-corrected chi connectivity index (χ3v) is 6.70. The Hall–Kier alpha value is -2.10. The molecule has 4 aliphatic rings. The maximum absolute atomic E-state index is 12.3. The van der Waals surface area contributed by atoms with Gasteiger partial charge in [-0.05, 0) is 75.4 Å². The first-order valence-corrected chi connectivity index (χ1v) is 10.7. The number of nitriles is 1. The minimum atomic E-state index is -0.192. The van der Waals surface area contributed by atoms with Crippen molar-refractivity contribution in [1.29, 1.82) is 5.26 Å². The quantitative estimate of drug-likeness (QED) is 0.823. The molecule has 4 heterocycles. The van der Waals surface area contributed by atoms with Gasteiger partial charge in [-0.3, -0.25) is 4.90 Å². The molecule has 0 saturated carbocycles.